The summed E-state index contributed by atoms with van der Waals surface area (Å²) in [7, 11) is 0. The van der Waals surface area contributed by atoms with Crippen LogP contribution in [0, 0.1) is 6.92 Å². The molecule has 1 aromatic heterocycles. The molecule has 0 aliphatic heterocycles. The summed E-state index contributed by atoms with van der Waals surface area (Å²) in [6.07, 6.45) is 0.470. The van der Waals surface area contributed by atoms with Crippen molar-refractivity contribution in [3.63, 3.8) is 0 Å². The molecule has 5 nitrogen and oxygen atoms in total. The minimum Gasteiger partial charge on any atom is -0.339 e. The fraction of sp³-hybridized carbons (Fsp3) is 0.118. The number of nitrogens with zero attached hydrogens (tertiary/aromatic N) is 2. The Hall–Kier alpha value is -2.47. The Labute approximate surface area is 141 Å². The molecule has 2 aromatic carbocycles. The number of hydrogen-bond donors (Lipinski definition) is 1. The summed E-state index contributed by atoms with van der Waals surface area (Å²) >= 11 is 3.36. The molecule has 0 atom stereocenters. The normalized spacial score (nSPS) is 10.5. The number of carbonyl (C=O) groups is 1. The first-order valence-corrected chi connectivity index (χ1v) is 7.85. The first-order valence-electron chi connectivity index (χ1n) is 7.06. The van der Waals surface area contributed by atoms with Crippen LogP contribution in [-0.2, 0) is 6.42 Å². The zero-order valence-electron chi connectivity index (χ0n) is 12.4. The molecular formula is C17H14BrN3O2. The minimum atomic E-state index is -0.161. The van der Waals surface area contributed by atoms with Gasteiger partial charge in [-0.25, -0.2) is 0 Å². The lowest BCUT2D eigenvalue weighted by molar-refractivity contribution is 0.102. The fourth-order valence-electron chi connectivity index (χ4n) is 2.17. The minimum absolute atomic E-state index is 0.161. The second kappa shape index (κ2) is 6.75. The van der Waals surface area contributed by atoms with E-state index in [1.165, 1.54) is 0 Å². The third-order valence-corrected chi connectivity index (χ3v) is 3.81. The standard InChI is InChI=1S/C17H14BrN3O2/c1-11-19-16(23-21-11)10-13-4-2-3-5-15(13)20-17(22)12-6-8-14(18)9-7-12/h2-9H,10H2,1H3,(H,20,22). The first kappa shape index (κ1) is 15.4. The van der Waals surface area contributed by atoms with Crippen LogP contribution in [-0.4, -0.2) is 16.0 Å². The number of carbonyl (C=O) groups excluding carboxylic acids is 1. The van der Waals surface area contributed by atoms with Gasteiger partial charge in [-0.3, -0.25) is 4.79 Å². The Morgan fingerprint density at radius 3 is 2.61 bits per heavy atom. The number of amides is 1. The number of nitrogens with one attached hydrogen (secondary N) is 1. The SMILES string of the molecule is Cc1noc(Cc2ccccc2NC(=O)c2ccc(Br)cc2)n1. The molecule has 3 rings (SSSR count). The molecule has 0 saturated heterocycles. The van der Waals surface area contributed by atoms with Crippen LogP contribution in [0.3, 0.4) is 0 Å². The Morgan fingerprint density at radius 1 is 1.17 bits per heavy atom. The highest BCUT2D eigenvalue weighted by Gasteiger charge is 2.11. The van der Waals surface area contributed by atoms with Crippen LogP contribution < -0.4 is 5.32 Å². The van der Waals surface area contributed by atoms with E-state index in [0.29, 0.717) is 23.7 Å². The zero-order valence-corrected chi connectivity index (χ0v) is 14.0. The molecule has 0 radical (unpaired) electrons. The van der Waals surface area contributed by atoms with E-state index in [4.69, 9.17) is 4.52 Å². The summed E-state index contributed by atoms with van der Waals surface area (Å²) in [6, 6.07) is 14.8. The lowest BCUT2D eigenvalue weighted by Crippen LogP contribution is -2.13. The van der Waals surface area contributed by atoms with Crippen LogP contribution in [0.15, 0.2) is 57.5 Å². The van der Waals surface area contributed by atoms with Crippen LogP contribution in [0.1, 0.15) is 27.6 Å². The molecule has 0 spiro atoms. The lowest BCUT2D eigenvalue weighted by Gasteiger charge is -2.10. The highest BCUT2D eigenvalue weighted by molar-refractivity contribution is 9.10. The van der Waals surface area contributed by atoms with Crippen molar-refractivity contribution in [3.05, 3.63) is 75.8 Å². The van der Waals surface area contributed by atoms with Crippen molar-refractivity contribution in [1.29, 1.82) is 0 Å². The molecule has 6 heteroatoms. The number of aromatic nitrogens is 2. The summed E-state index contributed by atoms with van der Waals surface area (Å²) in [5, 5.41) is 6.71. The summed E-state index contributed by atoms with van der Waals surface area (Å²) in [4.78, 5) is 16.6. The van der Waals surface area contributed by atoms with E-state index in [1.54, 1.807) is 19.1 Å². The monoisotopic (exact) mass is 371 g/mol. The number of benzene rings is 2. The van der Waals surface area contributed by atoms with Gasteiger partial charge in [0.2, 0.25) is 5.89 Å². The van der Waals surface area contributed by atoms with Crippen molar-refractivity contribution in [2.75, 3.05) is 5.32 Å². The predicted molar refractivity (Wildman–Crippen MR) is 90.4 cm³/mol. The van der Waals surface area contributed by atoms with Gasteiger partial charge in [0, 0.05) is 15.7 Å². The number of anilines is 1. The highest BCUT2D eigenvalue weighted by atomic mass is 79.9. The largest absolute Gasteiger partial charge is 0.339 e. The maximum Gasteiger partial charge on any atom is 0.255 e. The van der Waals surface area contributed by atoms with Gasteiger partial charge in [-0.1, -0.05) is 39.3 Å². The van der Waals surface area contributed by atoms with Crippen molar-refractivity contribution >= 4 is 27.5 Å². The maximum absolute atomic E-state index is 12.4. The summed E-state index contributed by atoms with van der Waals surface area (Å²) in [6.45, 7) is 1.77. The molecule has 0 aliphatic rings. The number of hydrogen-bond acceptors (Lipinski definition) is 4. The lowest BCUT2D eigenvalue weighted by atomic mass is 10.1. The Balaban J connectivity index is 1.80. The molecule has 0 fully saturated rings. The molecule has 0 unspecified atom stereocenters. The summed E-state index contributed by atoms with van der Waals surface area (Å²) in [5.74, 6) is 0.955. The van der Waals surface area contributed by atoms with Gasteiger partial charge in [-0.15, -0.1) is 0 Å². The smallest absolute Gasteiger partial charge is 0.255 e. The van der Waals surface area contributed by atoms with Crippen molar-refractivity contribution in [3.8, 4) is 0 Å². The molecule has 3 aromatic rings. The van der Waals surface area contributed by atoms with Gasteiger partial charge < -0.3 is 9.84 Å². The van der Waals surface area contributed by atoms with E-state index in [-0.39, 0.29) is 5.91 Å². The first-order chi connectivity index (χ1) is 11.1. The number of rotatable bonds is 4. The Bertz CT molecular complexity index is 828. The predicted octanol–water partition coefficient (Wildman–Crippen LogP) is 3.98. The molecule has 1 heterocycles. The van der Waals surface area contributed by atoms with Crippen LogP contribution in [0.2, 0.25) is 0 Å². The molecule has 1 N–H and O–H groups in total. The van der Waals surface area contributed by atoms with Crippen LogP contribution in [0.4, 0.5) is 5.69 Å². The number of halogens is 1. The summed E-state index contributed by atoms with van der Waals surface area (Å²) in [5.41, 5.74) is 2.24. The molecule has 0 bridgehead atoms. The van der Waals surface area contributed by atoms with Gasteiger partial charge in [0.25, 0.3) is 5.91 Å². The van der Waals surface area contributed by atoms with E-state index >= 15 is 0 Å². The third kappa shape index (κ3) is 3.84. The van der Waals surface area contributed by atoms with Crippen LogP contribution in [0.25, 0.3) is 0 Å². The molecular weight excluding hydrogens is 358 g/mol. The van der Waals surface area contributed by atoms with Gasteiger partial charge in [-0.2, -0.15) is 4.98 Å². The van der Waals surface area contributed by atoms with E-state index in [9.17, 15) is 4.79 Å². The van der Waals surface area contributed by atoms with Crippen LogP contribution >= 0.6 is 15.9 Å². The third-order valence-electron chi connectivity index (χ3n) is 3.28. The topological polar surface area (TPSA) is 68.0 Å². The number of para-hydroxylation sites is 1. The summed E-state index contributed by atoms with van der Waals surface area (Å²) < 4.78 is 6.08. The quantitative estimate of drug-likeness (QED) is 0.752. The van der Waals surface area contributed by atoms with E-state index in [2.05, 4.69) is 31.4 Å². The highest BCUT2D eigenvalue weighted by Crippen LogP contribution is 2.20. The Kier molecular flexibility index (Phi) is 4.52. The van der Waals surface area contributed by atoms with Gasteiger partial charge in [0.1, 0.15) is 0 Å². The molecule has 0 saturated carbocycles. The zero-order chi connectivity index (χ0) is 16.2. The van der Waals surface area contributed by atoms with Gasteiger partial charge in [0.05, 0.1) is 6.42 Å². The average Bonchev–Trinajstić information content (AvgIpc) is 2.95. The molecule has 116 valence electrons. The van der Waals surface area contributed by atoms with Crippen molar-refractivity contribution < 1.29 is 9.32 Å². The fourth-order valence-corrected chi connectivity index (χ4v) is 2.43. The average molecular weight is 372 g/mol. The Morgan fingerprint density at radius 2 is 1.91 bits per heavy atom. The van der Waals surface area contributed by atoms with Crippen molar-refractivity contribution in [1.82, 2.24) is 10.1 Å². The van der Waals surface area contributed by atoms with Gasteiger partial charge in [0.15, 0.2) is 5.82 Å². The van der Waals surface area contributed by atoms with Crippen molar-refractivity contribution in [2.24, 2.45) is 0 Å². The molecule has 1 amide bonds. The van der Waals surface area contributed by atoms with E-state index in [0.717, 1.165) is 15.7 Å². The van der Waals surface area contributed by atoms with Gasteiger partial charge >= 0.3 is 0 Å². The maximum atomic E-state index is 12.4. The second-order valence-electron chi connectivity index (χ2n) is 5.03. The number of aryl methyl sites for hydroxylation is 1. The van der Waals surface area contributed by atoms with E-state index < -0.39 is 0 Å². The molecule has 23 heavy (non-hydrogen) atoms. The van der Waals surface area contributed by atoms with Crippen LogP contribution in [0.5, 0.6) is 0 Å². The van der Waals surface area contributed by atoms with E-state index in [1.807, 2.05) is 36.4 Å². The second-order valence-corrected chi connectivity index (χ2v) is 5.95. The molecule has 0 aliphatic carbocycles. The van der Waals surface area contributed by atoms with Crippen molar-refractivity contribution in [2.45, 2.75) is 13.3 Å². The van der Waals surface area contributed by atoms with Gasteiger partial charge in [-0.05, 0) is 42.8 Å².